The van der Waals surface area contributed by atoms with E-state index in [2.05, 4.69) is 27.7 Å². The summed E-state index contributed by atoms with van der Waals surface area (Å²) >= 11 is 0. The molecule has 0 spiro atoms. The van der Waals surface area contributed by atoms with Crippen LogP contribution in [0.5, 0.6) is 0 Å². The van der Waals surface area contributed by atoms with Crippen LogP contribution in [0.2, 0.25) is 0 Å². The SMILES string of the molecule is Cl.O=C(CN1CCCNCC1)Nc1ccccc1-c1ccccc1. The fourth-order valence-electron chi connectivity index (χ4n) is 2.91. The van der Waals surface area contributed by atoms with Crippen molar-refractivity contribution in [2.45, 2.75) is 6.42 Å². The first-order chi connectivity index (χ1) is 11.3. The van der Waals surface area contributed by atoms with E-state index < -0.39 is 0 Å². The Labute approximate surface area is 149 Å². The molecule has 0 bridgehead atoms. The van der Waals surface area contributed by atoms with Crippen molar-refractivity contribution in [3.63, 3.8) is 0 Å². The van der Waals surface area contributed by atoms with Crippen LogP contribution in [0.3, 0.4) is 0 Å². The topological polar surface area (TPSA) is 44.4 Å². The Morgan fingerprint density at radius 2 is 1.75 bits per heavy atom. The second-order valence-electron chi connectivity index (χ2n) is 5.84. The van der Waals surface area contributed by atoms with Crippen LogP contribution in [0.25, 0.3) is 11.1 Å². The van der Waals surface area contributed by atoms with Gasteiger partial charge in [0.2, 0.25) is 5.91 Å². The molecule has 0 saturated carbocycles. The van der Waals surface area contributed by atoms with Crippen molar-refractivity contribution < 1.29 is 4.79 Å². The number of rotatable bonds is 4. The molecular formula is C19H24ClN3O. The van der Waals surface area contributed by atoms with Gasteiger partial charge in [-0.2, -0.15) is 0 Å². The minimum atomic E-state index is 0. The number of nitrogens with one attached hydrogen (secondary N) is 2. The number of benzene rings is 2. The molecule has 128 valence electrons. The third-order valence-corrected chi connectivity index (χ3v) is 4.09. The zero-order chi connectivity index (χ0) is 15.9. The van der Waals surface area contributed by atoms with E-state index in [9.17, 15) is 4.79 Å². The third kappa shape index (κ3) is 5.06. The van der Waals surface area contributed by atoms with E-state index >= 15 is 0 Å². The van der Waals surface area contributed by atoms with Gasteiger partial charge in [0.05, 0.1) is 6.54 Å². The van der Waals surface area contributed by atoms with Crippen molar-refractivity contribution >= 4 is 24.0 Å². The van der Waals surface area contributed by atoms with Gasteiger partial charge in [-0.3, -0.25) is 9.69 Å². The number of halogens is 1. The zero-order valence-electron chi connectivity index (χ0n) is 13.7. The van der Waals surface area contributed by atoms with Crippen LogP contribution < -0.4 is 10.6 Å². The van der Waals surface area contributed by atoms with Gasteiger partial charge in [-0.1, -0.05) is 48.5 Å². The van der Waals surface area contributed by atoms with Gasteiger partial charge in [0.1, 0.15) is 0 Å². The maximum Gasteiger partial charge on any atom is 0.238 e. The lowest BCUT2D eigenvalue weighted by Crippen LogP contribution is -2.35. The Morgan fingerprint density at radius 3 is 2.58 bits per heavy atom. The fraction of sp³-hybridized carbons (Fsp3) is 0.316. The monoisotopic (exact) mass is 345 g/mol. The maximum absolute atomic E-state index is 12.4. The van der Waals surface area contributed by atoms with E-state index in [4.69, 9.17) is 0 Å². The van der Waals surface area contributed by atoms with E-state index in [1.54, 1.807) is 0 Å². The Bertz CT molecular complexity index is 640. The normalized spacial score (nSPS) is 15.2. The molecule has 1 heterocycles. The number of amides is 1. The highest BCUT2D eigenvalue weighted by atomic mass is 35.5. The molecule has 1 aliphatic rings. The summed E-state index contributed by atoms with van der Waals surface area (Å²) in [6.45, 7) is 4.34. The van der Waals surface area contributed by atoms with E-state index in [-0.39, 0.29) is 18.3 Å². The van der Waals surface area contributed by atoms with Crippen LogP contribution in [0.1, 0.15) is 6.42 Å². The maximum atomic E-state index is 12.4. The second kappa shape index (κ2) is 9.42. The molecule has 2 aromatic carbocycles. The molecule has 5 heteroatoms. The number of para-hydroxylation sites is 1. The molecule has 0 aliphatic carbocycles. The smallest absolute Gasteiger partial charge is 0.238 e. The van der Waals surface area contributed by atoms with Crippen molar-refractivity contribution in [3.05, 3.63) is 54.6 Å². The Balaban J connectivity index is 0.00000208. The standard InChI is InChI=1S/C19H23N3O.ClH/c23-19(15-22-13-6-11-20-12-14-22)21-18-10-5-4-9-17(18)16-7-2-1-3-8-16;/h1-5,7-10,20H,6,11-15H2,(H,21,23);1H. The predicted molar refractivity (Wildman–Crippen MR) is 102 cm³/mol. The van der Waals surface area contributed by atoms with Gasteiger partial charge in [0, 0.05) is 24.3 Å². The van der Waals surface area contributed by atoms with Crippen LogP contribution in [-0.2, 0) is 4.79 Å². The number of nitrogens with zero attached hydrogens (tertiary/aromatic N) is 1. The van der Waals surface area contributed by atoms with Gasteiger partial charge in [-0.05, 0) is 31.1 Å². The van der Waals surface area contributed by atoms with Crippen molar-refractivity contribution in [2.75, 3.05) is 38.0 Å². The summed E-state index contributed by atoms with van der Waals surface area (Å²) in [6, 6.07) is 18.1. The third-order valence-electron chi connectivity index (χ3n) is 4.09. The molecule has 0 radical (unpaired) electrons. The highest BCUT2D eigenvalue weighted by molar-refractivity contribution is 5.96. The quantitative estimate of drug-likeness (QED) is 0.895. The van der Waals surface area contributed by atoms with Crippen molar-refractivity contribution in [1.82, 2.24) is 10.2 Å². The zero-order valence-corrected chi connectivity index (χ0v) is 14.5. The highest BCUT2D eigenvalue weighted by Crippen LogP contribution is 2.27. The van der Waals surface area contributed by atoms with Crippen LogP contribution in [0.4, 0.5) is 5.69 Å². The Morgan fingerprint density at radius 1 is 1.00 bits per heavy atom. The number of carbonyl (C=O) groups excluding carboxylic acids is 1. The molecule has 3 rings (SSSR count). The first kappa shape index (κ1) is 18.5. The molecule has 0 atom stereocenters. The summed E-state index contributed by atoms with van der Waals surface area (Å²) < 4.78 is 0. The highest BCUT2D eigenvalue weighted by Gasteiger charge is 2.14. The predicted octanol–water partition coefficient (Wildman–Crippen LogP) is 3.01. The minimum Gasteiger partial charge on any atom is -0.324 e. The molecule has 1 saturated heterocycles. The van der Waals surface area contributed by atoms with Gasteiger partial charge in [-0.15, -0.1) is 12.4 Å². The largest absolute Gasteiger partial charge is 0.324 e. The summed E-state index contributed by atoms with van der Waals surface area (Å²) in [5, 5.41) is 6.43. The van der Waals surface area contributed by atoms with Crippen LogP contribution >= 0.6 is 12.4 Å². The Hall–Kier alpha value is -1.88. The average molecular weight is 346 g/mol. The summed E-state index contributed by atoms with van der Waals surface area (Å²) in [6.07, 6.45) is 1.09. The van der Waals surface area contributed by atoms with Gasteiger partial charge in [0.25, 0.3) is 0 Å². The van der Waals surface area contributed by atoms with Gasteiger partial charge in [0.15, 0.2) is 0 Å². The molecule has 1 amide bonds. The van der Waals surface area contributed by atoms with Gasteiger partial charge < -0.3 is 10.6 Å². The van der Waals surface area contributed by atoms with Gasteiger partial charge in [-0.25, -0.2) is 0 Å². The van der Waals surface area contributed by atoms with Crippen LogP contribution in [0, 0.1) is 0 Å². The van der Waals surface area contributed by atoms with Crippen LogP contribution in [-0.4, -0.2) is 43.5 Å². The fourth-order valence-corrected chi connectivity index (χ4v) is 2.91. The molecular weight excluding hydrogens is 322 g/mol. The second-order valence-corrected chi connectivity index (χ2v) is 5.84. The van der Waals surface area contributed by atoms with E-state index in [1.807, 2.05) is 42.5 Å². The lowest BCUT2D eigenvalue weighted by molar-refractivity contribution is -0.117. The molecule has 1 fully saturated rings. The lowest BCUT2D eigenvalue weighted by atomic mass is 10.0. The average Bonchev–Trinajstić information content (AvgIpc) is 2.85. The minimum absolute atomic E-state index is 0. The van der Waals surface area contributed by atoms with Crippen molar-refractivity contribution in [3.8, 4) is 11.1 Å². The summed E-state index contributed by atoms with van der Waals surface area (Å²) in [4.78, 5) is 14.6. The van der Waals surface area contributed by atoms with E-state index in [0.29, 0.717) is 6.54 Å². The molecule has 0 aromatic heterocycles. The summed E-state index contributed by atoms with van der Waals surface area (Å²) in [5.74, 6) is 0.0512. The van der Waals surface area contributed by atoms with Gasteiger partial charge >= 0.3 is 0 Å². The summed E-state index contributed by atoms with van der Waals surface area (Å²) in [5.41, 5.74) is 3.04. The molecule has 1 aliphatic heterocycles. The molecule has 4 nitrogen and oxygen atoms in total. The lowest BCUT2D eigenvalue weighted by Gasteiger charge is -2.19. The first-order valence-electron chi connectivity index (χ1n) is 8.20. The van der Waals surface area contributed by atoms with E-state index in [1.165, 1.54) is 0 Å². The Kier molecular flexibility index (Phi) is 7.25. The molecule has 24 heavy (non-hydrogen) atoms. The number of hydrogen-bond donors (Lipinski definition) is 2. The molecule has 2 N–H and O–H groups in total. The molecule has 2 aromatic rings. The number of anilines is 1. The number of carbonyl (C=O) groups is 1. The summed E-state index contributed by atoms with van der Waals surface area (Å²) in [7, 11) is 0. The molecule has 0 unspecified atom stereocenters. The van der Waals surface area contributed by atoms with Crippen molar-refractivity contribution in [1.29, 1.82) is 0 Å². The first-order valence-corrected chi connectivity index (χ1v) is 8.20. The number of hydrogen-bond acceptors (Lipinski definition) is 3. The van der Waals surface area contributed by atoms with E-state index in [0.717, 1.165) is 49.4 Å². The van der Waals surface area contributed by atoms with Crippen molar-refractivity contribution in [2.24, 2.45) is 0 Å². The van der Waals surface area contributed by atoms with Crippen LogP contribution in [0.15, 0.2) is 54.6 Å².